The molecule has 7 nitrogen and oxygen atoms in total. The second-order valence-electron chi connectivity index (χ2n) is 4.48. The van der Waals surface area contributed by atoms with Gasteiger partial charge in [-0.2, -0.15) is 15.4 Å². The van der Waals surface area contributed by atoms with Crippen molar-refractivity contribution in [2.45, 2.75) is 12.8 Å². The molecule has 1 fully saturated rings. The first-order chi connectivity index (χ1) is 9.75. The van der Waals surface area contributed by atoms with Crippen molar-refractivity contribution in [3.8, 4) is 0 Å². The van der Waals surface area contributed by atoms with Crippen molar-refractivity contribution in [3.05, 3.63) is 36.2 Å². The number of anilines is 2. The molecule has 7 heteroatoms. The molecule has 102 valence electrons. The van der Waals surface area contributed by atoms with Crippen molar-refractivity contribution in [2.75, 3.05) is 16.8 Å². The van der Waals surface area contributed by atoms with E-state index in [1.807, 2.05) is 18.2 Å². The third-order valence-corrected chi connectivity index (χ3v) is 3.16. The molecule has 0 radical (unpaired) electrons. The van der Waals surface area contributed by atoms with Crippen LogP contribution < -0.4 is 10.2 Å². The highest BCUT2D eigenvalue weighted by molar-refractivity contribution is 6.06. The molecule has 2 aromatic rings. The normalized spacial score (nSPS) is 14.6. The zero-order valence-electron chi connectivity index (χ0n) is 10.7. The summed E-state index contributed by atoms with van der Waals surface area (Å²) in [4.78, 5) is 25.5. The van der Waals surface area contributed by atoms with Crippen LogP contribution in [0.3, 0.4) is 0 Å². The minimum absolute atomic E-state index is 0.0770. The molecule has 0 bridgehead atoms. The average molecular weight is 271 g/mol. The van der Waals surface area contributed by atoms with Crippen LogP contribution in [-0.2, 0) is 4.79 Å². The number of aromatic amines is 1. The zero-order chi connectivity index (χ0) is 13.9. The Balaban J connectivity index is 1.86. The van der Waals surface area contributed by atoms with Crippen LogP contribution in [0.2, 0.25) is 0 Å². The lowest BCUT2D eigenvalue weighted by Gasteiger charge is -2.19. The molecule has 20 heavy (non-hydrogen) atoms. The van der Waals surface area contributed by atoms with Gasteiger partial charge in [0.25, 0.3) is 5.91 Å². The molecule has 1 aliphatic heterocycles. The maximum atomic E-state index is 12.0. The van der Waals surface area contributed by atoms with E-state index >= 15 is 0 Å². The maximum Gasteiger partial charge on any atom is 0.277 e. The van der Waals surface area contributed by atoms with Crippen molar-refractivity contribution < 1.29 is 9.59 Å². The summed E-state index contributed by atoms with van der Waals surface area (Å²) in [5.74, 6) is -0.286. The molecular formula is C13H13N5O2. The van der Waals surface area contributed by atoms with Gasteiger partial charge >= 0.3 is 0 Å². The van der Waals surface area contributed by atoms with Gasteiger partial charge in [-0.1, -0.05) is 12.1 Å². The number of H-pyrrole nitrogens is 1. The zero-order valence-corrected chi connectivity index (χ0v) is 10.7. The Labute approximate surface area is 115 Å². The lowest BCUT2D eigenvalue weighted by Crippen LogP contribution is -2.25. The van der Waals surface area contributed by atoms with Gasteiger partial charge < -0.3 is 10.2 Å². The van der Waals surface area contributed by atoms with Crippen LogP contribution in [0.4, 0.5) is 11.4 Å². The fourth-order valence-corrected chi connectivity index (χ4v) is 2.21. The van der Waals surface area contributed by atoms with E-state index in [0.717, 1.165) is 6.42 Å². The van der Waals surface area contributed by atoms with Crippen LogP contribution in [0.5, 0.6) is 0 Å². The van der Waals surface area contributed by atoms with Crippen LogP contribution in [0.1, 0.15) is 23.3 Å². The molecule has 1 aliphatic rings. The third kappa shape index (κ3) is 2.25. The van der Waals surface area contributed by atoms with Crippen molar-refractivity contribution in [3.63, 3.8) is 0 Å². The van der Waals surface area contributed by atoms with Gasteiger partial charge in [0.05, 0.1) is 17.6 Å². The number of aromatic nitrogens is 3. The molecular weight excluding hydrogens is 258 g/mol. The van der Waals surface area contributed by atoms with Crippen molar-refractivity contribution >= 4 is 23.2 Å². The van der Waals surface area contributed by atoms with Gasteiger partial charge in [0.15, 0.2) is 5.69 Å². The van der Waals surface area contributed by atoms with E-state index in [1.165, 1.54) is 6.20 Å². The largest absolute Gasteiger partial charge is 0.319 e. The predicted octanol–water partition coefficient (Wildman–Crippen LogP) is 1.18. The van der Waals surface area contributed by atoms with Crippen LogP contribution in [-0.4, -0.2) is 33.8 Å². The number of hydrogen-bond donors (Lipinski definition) is 2. The lowest BCUT2D eigenvalue weighted by atomic mass is 10.2. The molecule has 0 spiro atoms. The molecule has 0 unspecified atom stereocenters. The molecule has 0 atom stereocenters. The molecule has 3 rings (SSSR count). The quantitative estimate of drug-likeness (QED) is 0.877. The highest BCUT2D eigenvalue weighted by atomic mass is 16.2. The minimum Gasteiger partial charge on any atom is -0.319 e. The Morgan fingerprint density at radius 2 is 2.20 bits per heavy atom. The van der Waals surface area contributed by atoms with Crippen molar-refractivity contribution in [1.82, 2.24) is 15.4 Å². The molecule has 2 N–H and O–H groups in total. The summed E-state index contributed by atoms with van der Waals surface area (Å²) in [6.07, 6.45) is 2.73. The third-order valence-electron chi connectivity index (χ3n) is 3.16. The minimum atomic E-state index is -0.363. The summed E-state index contributed by atoms with van der Waals surface area (Å²) in [7, 11) is 0. The Kier molecular flexibility index (Phi) is 3.16. The van der Waals surface area contributed by atoms with E-state index in [0.29, 0.717) is 24.3 Å². The Hall–Kier alpha value is -2.70. The molecule has 0 saturated carbocycles. The number of carbonyl (C=O) groups is 2. The first-order valence-electron chi connectivity index (χ1n) is 6.32. The van der Waals surface area contributed by atoms with Gasteiger partial charge in [-0.3, -0.25) is 9.59 Å². The predicted molar refractivity (Wildman–Crippen MR) is 72.4 cm³/mol. The molecule has 0 aliphatic carbocycles. The van der Waals surface area contributed by atoms with E-state index in [2.05, 4.69) is 20.7 Å². The Morgan fingerprint density at radius 3 is 2.90 bits per heavy atom. The summed E-state index contributed by atoms with van der Waals surface area (Å²) in [5.41, 5.74) is 1.51. The highest BCUT2D eigenvalue weighted by Gasteiger charge is 2.24. The highest BCUT2D eigenvalue weighted by Crippen LogP contribution is 2.29. The number of amides is 2. The second kappa shape index (κ2) is 5.12. The number of nitrogens with zero attached hydrogens (tertiary/aromatic N) is 3. The molecule has 1 saturated heterocycles. The smallest absolute Gasteiger partial charge is 0.277 e. The topological polar surface area (TPSA) is 91.0 Å². The number of benzene rings is 1. The fourth-order valence-electron chi connectivity index (χ4n) is 2.21. The second-order valence-corrected chi connectivity index (χ2v) is 4.48. The fraction of sp³-hybridized carbons (Fsp3) is 0.231. The number of para-hydroxylation sites is 2. The van der Waals surface area contributed by atoms with Crippen LogP contribution in [0.15, 0.2) is 30.5 Å². The SMILES string of the molecule is O=C(Nc1ccccc1N1CCCC1=O)c1cn[nH]n1. The monoisotopic (exact) mass is 271 g/mol. The van der Waals surface area contributed by atoms with Gasteiger partial charge in [-0.25, -0.2) is 0 Å². The van der Waals surface area contributed by atoms with E-state index in [4.69, 9.17) is 0 Å². The van der Waals surface area contributed by atoms with Crippen molar-refractivity contribution in [2.24, 2.45) is 0 Å². The number of carbonyl (C=O) groups excluding carboxylic acids is 2. The maximum absolute atomic E-state index is 12.0. The molecule has 1 aromatic carbocycles. The van der Waals surface area contributed by atoms with Crippen LogP contribution in [0, 0.1) is 0 Å². The van der Waals surface area contributed by atoms with E-state index in [-0.39, 0.29) is 17.5 Å². The summed E-state index contributed by atoms with van der Waals surface area (Å²) in [5, 5.41) is 12.5. The van der Waals surface area contributed by atoms with Crippen LogP contribution in [0.25, 0.3) is 0 Å². The summed E-state index contributed by atoms with van der Waals surface area (Å²) in [6.45, 7) is 0.676. The first-order valence-corrected chi connectivity index (χ1v) is 6.32. The van der Waals surface area contributed by atoms with Gasteiger partial charge in [0.1, 0.15) is 0 Å². The van der Waals surface area contributed by atoms with Gasteiger partial charge in [-0.05, 0) is 18.6 Å². The first kappa shape index (κ1) is 12.3. The van der Waals surface area contributed by atoms with Gasteiger partial charge in [-0.15, -0.1) is 0 Å². The van der Waals surface area contributed by atoms with Gasteiger partial charge in [0.2, 0.25) is 5.91 Å². The van der Waals surface area contributed by atoms with Crippen molar-refractivity contribution in [1.29, 1.82) is 0 Å². The van der Waals surface area contributed by atoms with E-state index in [9.17, 15) is 9.59 Å². The standard InChI is InChI=1S/C13H13N5O2/c19-12-6-3-7-18(12)11-5-2-1-4-9(11)15-13(20)10-8-14-17-16-10/h1-2,4-5,8H,3,6-7H2,(H,15,20)(H,14,16,17). The summed E-state index contributed by atoms with van der Waals surface area (Å²) < 4.78 is 0. The Morgan fingerprint density at radius 1 is 1.35 bits per heavy atom. The number of rotatable bonds is 3. The number of nitrogens with one attached hydrogen (secondary N) is 2. The van der Waals surface area contributed by atoms with Gasteiger partial charge in [0, 0.05) is 13.0 Å². The number of hydrogen-bond acceptors (Lipinski definition) is 4. The summed E-state index contributed by atoms with van der Waals surface area (Å²) in [6, 6.07) is 7.23. The average Bonchev–Trinajstić information content (AvgIpc) is 3.10. The molecule has 1 aromatic heterocycles. The summed E-state index contributed by atoms with van der Waals surface area (Å²) >= 11 is 0. The Bertz CT molecular complexity index is 638. The van der Waals surface area contributed by atoms with E-state index < -0.39 is 0 Å². The van der Waals surface area contributed by atoms with E-state index in [1.54, 1.807) is 11.0 Å². The van der Waals surface area contributed by atoms with Crippen LogP contribution >= 0.6 is 0 Å². The molecule has 2 amide bonds. The lowest BCUT2D eigenvalue weighted by molar-refractivity contribution is -0.117. The molecule has 2 heterocycles.